The van der Waals surface area contributed by atoms with Gasteiger partial charge in [-0.3, -0.25) is 0 Å². The first-order chi connectivity index (χ1) is 15.2. The van der Waals surface area contributed by atoms with Crippen molar-refractivity contribution in [3.05, 3.63) is 72.8 Å². The molecule has 0 aromatic heterocycles. The Hall–Kier alpha value is -0.0299. The molecule has 0 aliphatic rings. The second-order valence-corrected chi connectivity index (χ2v) is 16.7. The number of halogens is 2. The molecule has 5 heteroatoms. The number of hydrogen-bond donors (Lipinski definition) is 0. The smallest absolute Gasteiger partial charge is 1.00 e. The van der Waals surface area contributed by atoms with Crippen LogP contribution in [0.5, 0.6) is 0 Å². The van der Waals surface area contributed by atoms with E-state index in [0.29, 0.717) is 0 Å². The normalized spacial score (nSPS) is 11.1. The third-order valence-corrected chi connectivity index (χ3v) is 12.2. The van der Waals surface area contributed by atoms with E-state index in [0.717, 1.165) is 22.6 Å². The molecule has 0 fully saturated rings. The van der Waals surface area contributed by atoms with Gasteiger partial charge in [0.05, 0.1) is 0 Å². The molecular formula is C30H40Cl2HfP2. The van der Waals surface area contributed by atoms with Crippen molar-refractivity contribution in [2.45, 2.75) is 78.0 Å². The average molecular weight is 712 g/mol. The zero-order valence-electron chi connectivity index (χ0n) is 22.4. The topological polar surface area (TPSA) is 0 Å². The molecule has 0 N–H and O–H groups in total. The van der Waals surface area contributed by atoms with Gasteiger partial charge in [-0.15, -0.1) is 80.7 Å². The van der Waals surface area contributed by atoms with Gasteiger partial charge in [0, 0.05) is 0 Å². The zero-order chi connectivity index (χ0) is 23.4. The van der Waals surface area contributed by atoms with Gasteiger partial charge in [0.15, 0.2) is 0 Å². The minimum absolute atomic E-state index is 0. The zero-order valence-corrected chi connectivity index (χ0v) is 29.3. The van der Waals surface area contributed by atoms with Crippen molar-refractivity contribution >= 4 is 48.0 Å². The molecule has 0 radical (unpaired) electrons. The van der Waals surface area contributed by atoms with E-state index < -0.39 is 0 Å². The Morgan fingerprint density at radius 2 is 0.800 bits per heavy atom. The van der Waals surface area contributed by atoms with E-state index in [1.165, 1.54) is 21.5 Å². The first kappa shape index (κ1) is 35.0. The minimum Gasteiger partial charge on any atom is -1.00 e. The van der Waals surface area contributed by atoms with Gasteiger partial charge < -0.3 is 24.8 Å². The van der Waals surface area contributed by atoms with Gasteiger partial charge in [-0.2, -0.15) is 12.1 Å². The minimum atomic E-state index is -0.0206. The summed E-state index contributed by atoms with van der Waals surface area (Å²) >= 11 is 0. The number of fused-ring (bicyclic) bond motifs is 2. The fourth-order valence-corrected chi connectivity index (χ4v) is 10.9. The third kappa shape index (κ3) is 9.04. The molecule has 0 amide bonds. The van der Waals surface area contributed by atoms with Gasteiger partial charge in [-0.1, -0.05) is 83.4 Å². The van der Waals surface area contributed by atoms with Gasteiger partial charge in [-0.05, 0) is 22.6 Å². The van der Waals surface area contributed by atoms with Gasteiger partial charge in [0.25, 0.3) is 0 Å². The standard InChI is InChI=1S/2C15H20P.2ClH.Hf/c2*1-11(2)16(12(3)4)15-9-13-7-5-6-8-14(13)10-15;;;/h2*5-12H,1-4H3;2*1H;/q2*-1;;;+4/p-2. The maximum Gasteiger partial charge on any atom is 4.00 e. The van der Waals surface area contributed by atoms with Crippen molar-refractivity contribution in [3.8, 4) is 0 Å². The molecule has 35 heavy (non-hydrogen) atoms. The van der Waals surface area contributed by atoms with Crippen LogP contribution in [-0.2, 0) is 25.8 Å². The van der Waals surface area contributed by atoms with Crippen molar-refractivity contribution < 1.29 is 50.7 Å². The molecule has 0 saturated carbocycles. The van der Waals surface area contributed by atoms with Crippen LogP contribution >= 0.6 is 15.8 Å². The average Bonchev–Trinajstić information content (AvgIpc) is 3.30. The van der Waals surface area contributed by atoms with Crippen molar-refractivity contribution in [1.82, 2.24) is 0 Å². The molecule has 188 valence electrons. The molecule has 4 rings (SSSR count). The molecule has 4 aromatic carbocycles. The SMILES string of the molecule is CC(C)P(c1cc2ccccc2[cH-]1)C(C)C.CC(C)P(c1cc2ccccc2[cH-]1)C(C)C.[Cl-].[Cl-].[Hf+4]. The Labute approximate surface area is 247 Å². The summed E-state index contributed by atoms with van der Waals surface area (Å²) in [6, 6.07) is 26.9. The second-order valence-electron chi connectivity index (χ2n) is 9.87. The van der Waals surface area contributed by atoms with Crippen LogP contribution in [0.1, 0.15) is 55.4 Å². The summed E-state index contributed by atoms with van der Waals surface area (Å²) in [6.07, 6.45) is 0. The van der Waals surface area contributed by atoms with Gasteiger partial charge >= 0.3 is 25.8 Å². The van der Waals surface area contributed by atoms with Crippen LogP contribution in [0.4, 0.5) is 0 Å². The van der Waals surface area contributed by atoms with E-state index >= 15 is 0 Å². The predicted octanol–water partition coefficient (Wildman–Crippen LogP) is 2.97. The number of hydrogen-bond acceptors (Lipinski definition) is 0. The fraction of sp³-hybridized carbons (Fsp3) is 0.400. The van der Waals surface area contributed by atoms with Crippen LogP contribution in [0.2, 0.25) is 0 Å². The molecule has 0 spiro atoms. The van der Waals surface area contributed by atoms with E-state index in [1.54, 1.807) is 10.6 Å². The molecule has 0 aliphatic carbocycles. The molecular weight excluding hydrogens is 672 g/mol. The molecule has 0 unspecified atom stereocenters. The summed E-state index contributed by atoms with van der Waals surface area (Å²) in [5, 5.41) is 8.72. The van der Waals surface area contributed by atoms with Crippen LogP contribution in [0.15, 0.2) is 72.8 Å². The monoisotopic (exact) mass is 712 g/mol. The molecule has 0 nitrogen and oxygen atoms in total. The maximum atomic E-state index is 2.39. The third-order valence-electron chi connectivity index (χ3n) is 6.03. The summed E-state index contributed by atoms with van der Waals surface area (Å²) in [4.78, 5) is 0. The van der Waals surface area contributed by atoms with Crippen molar-refractivity contribution in [1.29, 1.82) is 0 Å². The molecule has 0 heterocycles. The van der Waals surface area contributed by atoms with E-state index in [-0.39, 0.29) is 66.5 Å². The number of rotatable bonds is 6. The molecule has 0 bridgehead atoms. The Morgan fingerprint density at radius 3 is 1.06 bits per heavy atom. The van der Waals surface area contributed by atoms with E-state index in [2.05, 4.69) is 128 Å². The largest absolute Gasteiger partial charge is 4.00 e. The van der Waals surface area contributed by atoms with Gasteiger partial charge in [0.2, 0.25) is 0 Å². The summed E-state index contributed by atoms with van der Waals surface area (Å²) in [7, 11) is -0.0412. The first-order valence-electron chi connectivity index (χ1n) is 12.1. The van der Waals surface area contributed by atoms with Crippen molar-refractivity contribution in [3.63, 3.8) is 0 Å². The molecule has 0 aliphatic heterocycles. The Bertz CT molecular complexity index is 956. The van der Waals surface area contributed by atoms with E-state index in [9.17, 15) is 0 Å². The molecule has 0 saturated heterocycles. The quantitative estimate of drug-likeness (QED) is 0.164. The number of benzene rings is 2. The Morgan fingerprint density at radius 1 is 0.514 bits per heavy atom. The van der Waals surface area contributed by atoms with E-state index in [4.69, 9.17) is 0 Å². The van der Waals surface area contributed by atoms with Crippen LogP contribution in [0.25, 0.3) is 21.5 Å². The van der Waals surface area contributed by atoms with E-state index in [1.807, 2.05) is 0 Å². The molecule has 0 atom stereocenters. The second kappa shape index (κ2) is 16.0. The van der Waals surface area contributed by atoms with Crippen molar-refractivity contribution in [2.24, 2.45) is 0 Å². The summed E-state index contributed by atoms with van der Waals surface area (Å²) in [5.41, 5.74) is 3.08. The van der Waals surface area contributed by atoms with Crippen LogP contribution in [0.3, 0.4) is 0 Å². The summed E-state index contributed by atoms with van der Waals surface area (Å²) < 4.78 is 0. The molecule has 4 aromatic rings. The van der Waals surface area contributed by atoms with Crippen LogP contribution in [-0.4, -0.2) is 22.6 Å². The fourth-order valence-electron chi connectivity index (χ4n) is 4.95. The van der Waals surface area contributed by atoms with Crippen LogP contribution < -0.4 is 35.4 Å². The van der Waals surface area contributed by atoms with Gasteiger partial charge in [0.1, 0.15) is 0 Å². The van der Waals surface area contributed by atoms with Crippen molar-refractivity contribution in [2.75, 3.05) is 0 Å². The van der Waals surface area contributed by atoms with Gasteiger partial charge in [-0.25, -0.2) is 0 Å². The maximum absolute atomic E-state index is 2.39. The first-order valence-corrected chi connectivity index (χ1v) is 15.0. The van der Waals surface area contributed by atoms with Crippen LogP contribution in [0, 0.1) is 0 Å². The Balaban J connectivity index is 0.000000608. The summed E-state index contributed by atoms with van der Waals surface area (Å²) in [6.45, 7) is 18.8. The Kier molecular flexibility index (Phi) is 16.0. The predicted molar refractivity (Wildman–Crippen MR) is 153 cm³/mol. The summed E-state index contributed by atoms with van der Waals surface area (Å²) in [5.74, 6) is 0.